The Morgan fingerprint density at radius 1 is 1.09 bits per heavy atom. The summed E-state index contributed by atoms with van der Waals surface area (Å²) in [6.45, 7) is 10.4. The third-order valence-electron chi connectivity index (χ3n) is 3.14. The molecule has 1 aliphatic rings. The van der Waals surface area contributed by atoms with E-state index in [1.54, 1.807) is 47.6 Å². The second-order valence-corrected chi connectivity index (χ2v) is 7.58. The van der Waals surface area contributed by atoms with E-state index in [1.807, 2.05) is 6.07 Å². The highest BCUT2D eigenvalue weighted by atomic mass is 16.6. The molecule has 0 N–H and O–H groups in total. The lowest BCUT2D eigenvalue weighted by molar-refractivity contribution is -0.173. The molecule has 6 nitrogen and oxygen atoms in total. The molecule has 1 aliphatic heterocycles. The molecule has 1 rings (SSSR count). The van der Waals surface area contributed by atoms with Gasteiger partial charge in [0.2, 0.25) is 0 Å². The quantitative estimate of drug-likeness (QED) is 0.585. The zero-order valence-electron chi connectivity index (χ0n) is 14.6. The van der Waals surface area contributed by atoms with Crippen molar-refractivity contribution in [2.24, 2.45) is 10.8 Å². The molecule has 0 fully saturated rings. The summed E-state index contributed by atoms with van der Waals surface area (Å²) in [6, 6.07) is 1.97. The summed E-state index contributed by atoms with van der Waals surface area (Å²) in [7, 11) is 0. The highest BCUT2D eigenvalue weighted by Gasteiger charge is 2.35. The van der Waals surface area contributed by atoms with E-state index in [1.165, 1.54) is 6.08 Å². The fourth-order valence-electron chi connectivity index (χ4n) is 1.64. The van der Waals surface area contributed by atoms with Gasteiger partial charge in [-0.25, -0.2) is 0 Å². The first-order valence-electron chi connectivity index (χ1n) is 7.57. The van der Waals surface area contributed by atoms with Crippen molar-refractivity contribution >= 4 is 11.9 Å². The first kappa shape index (κ1) is 19.2. The lowest BCUT2D eigenvalue weighted by Crippen LogP contribution is -2.43. The van der Waals surface area contributed by atoms with Crippen LogP contribution < -0.4 is 0 Å². The van der Waals surface area contributed by atoms with Crippen molar-refractivity contribution in [3.8, 4) is 6.07 Å². The fourth-order valence-corrected chi connectivity index (χ4v) is 1.64. The second-order valence-electron chi connectivity index (χ2n) is 7.58. The number of carbonyl (C=O) groups excluding carboxylic acids is 2. The molecule has 0 unspecified atom stereocenters. The van der Waals surface area contributed by atoms with E-state index in [0.29, 0.717) is 0 Å². The number of nitriles is 1. The number of hydrogen-bond acceptors (Lipinski definition) is 6. The van der Waals surface area contributed by atoms with Gasteiger partial charge in [-0.1, -0.05) is 0 Å². The summed E-state index contributed by atoms with van der Waals surface area (Å²) in [5.41, 5.74) is -1.30. The number of hydrogen-bond donors (Lipinski definition) is 0. The van der Waals surface area contributed by atoms with E-state index in [9.17, 15) is 9.59 Å². The Morgan fingerprint density at radius 2 is 1.65 bits per heavy atom. The third kappa shape index (κ3) is 5.68. The first-order chi connectivity index (χ1) is 10.4. The number of carbonyl (C=O) groups is 2. The van der Waals surface area contributed by atoms with Crippen molar-refractivity contribution in [2.45, 2.75) is 59.9 Å². The van der Waals surface area contributed by atoms with E-state index < -0.39 is 35.1 Å². The van der Waals surface area contributed by atoms with Crippen LogP contribution in [-0.2, 0) is 23.8 Å². The molecule has 0 aliphatic carbocycles. The molecule has 0 saturated heterocycles. The molecule has 128 valence electrons. The Morgan fingerprint density at radius 3 is 2.13 bits per heavy atom. The Kier molecular flexibility index (Phi) is 5.95. The third-order valence-corrected chi connectivity index (χ3v) is 3.14. The molecule has 0 saturated carbocycles. The van der Waals surface area contributed by atoms with Crippen LogP contribution in [0, 0.1) is 22.2 Å². The second kappa shape index (κ2) is 7.14. The summed E-state index contributed by atoms with van der Waals surface area (Å²) in [5.74, 6) is -0.775. The van der Waals surface area contributed by atoms with E-state index in [0.717, 1.165) is 0 Å². The molecule has 1 heterocycles. The summed E-state index contributed by atoms with van der Waals surface area (Å²) in [6.07, 6.45) is 0.985. The van der Waals surface area contributed by atoms with Crippen molar-refractivity contribution in [3.05, 3.63) is 12.2 Å². The summed E-state index contributed by atoms with van der Waals surface area (Å²) < 4.78 is 16.2. The molecule has 0 spiro atoms. The van der Waals surface area contributed by atoms with Crippen LogP contribution in [0.4, 0.5) is 0 Å². The predicted molar refractivity (Wildman–Crippen MR) is 83.2 cm³/mol. The molecule has 6 heteroatoms. The monoisotopic (exact) mass is 323 g/mol. The molecule has 23 heavy (non-hydrogen) atoms. The minimum Gasteiger partial charge on any atom is -0.462 e. The molecule has 0 bridgehead atoms. The molecule has 0 aromatic carbocycles. The van der Waals surface area contributed by atoms with Crippen LogP contribution in [0.25, 0.3) is 0 Å². The number of esters is 2. The Hall–Kier alpha value is -1.87. The van der Waals surface area contributed by atoms with Crippen molar-refractivity contribution in [2.75, 3.05) is 6.61 Å². The Labute approximate surface area is 137 Å². The fraction of sp³-hybridized carbons (Fsp3) is 0.706. The smallest absolute Gasteiger partial charge is 0.311 e. The summed E-state index contributed by atoms with van der Waals surface area (Å²) in [5, 5.41) is 8.97. The zero-order chi connectivity index (χ0) is 17.8. The highest BCUT2D eigenvalue weighted by molar-refractivity contribution is 5.76. The Balaban J connectivity index is 2.79. The van der Waals surface area contributed by atoms with E-state index >= 15 is 0 Å². The number of ether oxygens (including phenoxy) is 3. The van der Waals surface area contributed by atoms with Gasteiger partial charge in [-0.3, -0.25) is 9.59 Å². The van der Waals surface area contributed by atoms with Crippen LogP contribution in [0.2, 0.25) is 0 Å². The highest BCUT2D eigenvalue weighted by Crippen LogP contribution is 2.23. The van der Waals surface area contributed by atoms with E-state index in [4.69, 9.17) is 19.5 Å². The largest absolute Gasteiger partial charge is 0.462 e. The van der Waals surface area contributed by atoms with Gasteiger partial charge in [0.05, 0.1) is 16.9 Å². The lowest BCUT2D eigenvalue weighted by atomic mass is 9.97. The van der Waals surface area contributed by atoms with Gasteiger partial charge in [0.1, 0.15) is 18.8 Å². The van der Waals surface area contributed by atoms with Gasteiger partial charge in [0.15, 0.2) is 6.10 Å². The van der Waals surface area contributed by atoms with Crippen LogP contribution in [0.15, 0.2) is 12.2 Å². The predicted octanol–water partition coefficient (Wildman–Crippen LogP) is 2.38. The minimum atomic E-state index is -0.752. The van der Waals surface area contributed by atoms with Gasteiger partial charge >= 0.3 is 11.9 Å². The van der Waals surface area contributed by atoms with Crippen LogP contribution in [0.3, 0.4) is 0 Å². The van der Waals surface area contributed by atoms with Crippen molar-refractivity contribution in [3.63, 3.8) is 0 Å². The lowest BCUT2D eigenvalue weighted by Gasteiger charge is -2.31. The molecular weight excluding hydrogens is 298 g/mol. The SMILES string of the molecule is CC(C)(C)C(=O)OC[C@H]1O[C@H](C#N)C=C[C@@H]1OC(=O)C(C)(C)C. The normalized spacial score (nSPS) is 24.7. The molecule has 3 atom stereocenters. The molecule has 0 amide bonds. The van der Waals surface area contributed by atoms with Gasteiger partial charge in [0.25, 0.3) is 0 Å². The Bertz CT molecular complexity index is 519. The average Bonchev–Trinajstić information content (AvgIpc) is 2.43. The number of nitrogens with zero attached hydrogens (tertiary/aromatic N) is 1. The average molecular weight is 323 g/mol. The zero-order valence-corrected chi connectivity index (χ0v) is 14.6. The maximum Gasteiger partial charge on any atom is 0.311 e. The molecule has 0 radical (unpaired) electrons. The van der Waals surface area contributed by atoms with E-state index in [-0.39, 0.29) is 12.6 Å². The van der Waals surface area contributed by atoms with Crippen LogP contribution in [-0.4, -0.2) is 36.9 Å². The van der Waals surface area contributed by atoms with Gasteiger partial charge in [0, 0.05) is 0 Å². The van der Waals surface area contributed by atoms with Crippen LogP contribution >= 0.6 is 0 Å². The van der Waals surface area contributed by atoms with Crippen molar-refractivity contribution in [1.29, 1.82) is 5.26 Å². The standard InChI is InChI=1S/C17H25NO5/c1-16(2,3)14(19)21-10-13-12(8-7-11(9-18)22-13)23-15(20)17(4,5)6/h7-8,11-13H,10H2,1-6H3/t11-,12-,13+/m0/s1. The van der Waals surface area contributed by atoms with Crippen molar-refractivity contribution in [1.82, 2.24) is 0 Å². The topological polar surface area (TPSA) is 85.6 Å². The molecule has 0 aromatic rings. The summed E-state index contributed by atoms with van der Waals surface area (Å²) >= 11 is 0. The van der Waals surface area contributed by atoms with Crippen LogP contribution in [0.5, 0.6) is 0 Å². The summed E-state index contributed by atoms with van der Waals surface area (Å²) in [4.78, 5) is 23.9. The van der Waals surface area contributed by atoms with Gasteiger partial charge in [-0.15, -0.1) is 0 Å². The maximum absolute atomic E-state index is 12.0. The molecule has 0 aromatic heterocycles. The van der Waals surface area contributed by atoms with Gasteiger partial charge in [-0.05, 0) is 53.7 Å². The van der Waals surface area contributed by atoms with Crippen LogP contribution in [0.1, 0.15) is 41.5 Å². The van der Waals surface area contributed by atoms with Crippen molar-refractivity contribution < 1.29 is 23.8 Å². The van der Waals surface area contributed by atoms with Gasteiger partial charge in [-0.2, -0.15) is 5.26 Å². The molecular formula is C17H25NO5. The van der Waals surface area contributed by atoms with E-state index in [2.05, 4.69) is 0 Å². The number of rotatable bonds is 3. The minimum absolute atomic E-state index is 0.0826. The van der Waals surface area contributed by atoms with Gasteiger partial charge < -0.3 is 14.2 Å². The maximum atomic E-state index is 12.0. The first-order valence-corrected chi connectivity index (χ1v) is 7.57.